The molecule has 0 aliphatic heterocycles. The lowest BCUT2D eigenvalue weighted by Crippen LogP contribution is -2.05. The molecule has 1 N–H and O–H groups in total. The molecule has 2 heterocycles. The average molecular weight is 245 g/mol. The highest BCUT2D eigenvalue weighted by Gasteiger charge is 2.06. The zero-order valence-electron chi connectivity index (χ0n) is 11.1. The molecule has 2 aromatic heterocycles. The Balaban J connectivity index is 2.21. The lowest BCUT2D eigenvalue weighted by Gasteiger charge is -2.05. The highest BCUT2D eigenvalue weighted by atomic mass is 15.3. The van der Waals surface area contributed by atoms with Gasteiger partial charge in [0.05, 0.1) is 5.69 Å². The monoisotopic (exact) mass is 245 g/mol. The molecule has 0 aromatic carbocycles. The Morgan fingerprint density at radius 2 is 2.17 bits per heavy atom. The van der Waals surface area contributed by atoms with Crippen LogP contribution in [0.25, 0.3) is 5.82 Å². The molecule has 0 atom stereocenters. The SMILES string of the molecule is CCCNc1cc(-n2ccc(C(C)C)n2)ncn1. The van der Waals surface area contributed by atoms with Gasteiger partial charge in [-0.05, 0) is 18.4 Å². The minimum atomic E-state index is 0.422. The van der Waals surface area contributed by atoms with Crippen LogP contribution >= 0.6 is 0 Å². The molecule has 5 nitrogen and oxygen atoms in total. The van der Waals surface area contributed by atoms with Crippen molar-refractivity contribution in [3.05, 3.63) is 30.4 Å². The minimum Gasteiger partial charge on any atom is -0.370 e. The zero-order chi connectivity index (χ0) is 13.0. The van der Waals surface area contributed by atoms with Crippen LogP contribution in [-0.2, 0) is 0 Å². The average Bonchev–Trinajstić information content (AvgIpc) is 2.86. The smallest absolute Gasteiger partial charge is 0.158 e. The van der Waals surface area contributed by atoms with E-state index >= 15 is 0 Å². The van der Waals surface area contributed by atoms with Crippen LogP contribution in [0, 0.1) is 0 Å². The number of hydrogen-bond acceptors (Lipinski definition) is 4. The summed E-state index contributed by atoms with van der Waals surface area (Å²) in [5.74, 6) is 2.05. The molecular formula is C13H19N5. The van der Waals surface area contributed by atoms with Crippen LogP contribution in [0.15, 0.2) is 24.7 Å². The Hall–Kier alpha value is -1.91. The normalized spacial score (nSPS) is 10.9. The van der Waals surface area contributed by atoms with Crippen molar-refractivity contribution in [1.29, 1.82) is 0 Å². The van der Waals surface area contributed by atoms with E-state index < -0.39 is 0 Å². The van der Waals surface area contributed by atoms with Crippen LogP contribution < -0.4 is 5.32 Å². The summed E-state index contributed by atoms with van der Waals surface area (Å²) in [6.45, 7) is 7.28. The van der Waals surface area contributed by atoms with Gasteiger partial charge in [-0.15, -0.1) is 0 Å². The van der Waals surface area contributed by atoms with Gasteiger partial charge >= 0.3 is 0 Å². The summed E-state index contributed by atoms with van der Waals surface area (Å²) in [6, 6.07) is 3.93. The molecule has 96 valence electrons. The minimum absolute atomic E-state index is 0.422. The van der Waals surface area contributed by atoms with Gasteiger partial charge in [-0.2, -0.15) is 5.10 Å². The van der Waals surface area contributed by atoms with Gasteiger partial charge in [0.25, 0.3) is 0 Å². The predicted octanol–water partition coefficient (Wildman–Crippen LogP) is 2.61. The second kappa shape index (κ2) is 5.62. The molecule has 0 aliphatic carbocycles. The first-order chi connectivity index (χ1) is 8.70. The third kappa shape index (κ3) is 2.85. The number of nitrogens with zero attached hydrogens (tertiary/aromatic N) is 4. The maximum absolute atomic E-state index is 4.50. The Morgan fingerprint density at radius 1 is 1.33 bits per heavy atom. The molecule has 0 spiro atoms. The quantitative estimate of drug-likeness (QED) is 0.879. The van der Waals surface area contributed by atoms with E-state index in [4.69, 9.17) is 0 Å². The van der Waals surface area contributed by atoms with Gasteiger partial charge in [0.15, 0.2) is 5.82 Å². The van der Waals surface area contributed by atoms with Crippen molar-refractivity contribution in [3.8, 4) is 5.82 Å². The van der Waals surface area contributed by atoms with Crippen molar-refractivity contribution in [1.82, 2.24) is 19.7 Å². The fourth-order valence-electron chi connectivity index (χ4n) is 1.60. The second-order valence-electron chi connectivity index (χ2n) is 4.53. The van der Waals surface area contributed by atoms with Crippen LogP contribution in [0.4, 0.5) is 5.82 Å². The van der Waals surface area contributed by atoms with E-state index in [2.05, 4.69) is 41.2 Å². The largest absolute Gasteiger partial charge is 0.370 e. The van der Waals surface area contributed by atoms with E-state index in [9.17, 15) is 0 Å². The van der Waals surface area contributed by atoms with E-state index in [1.807, 2.05) is 18.3 Å². The number of nitrogens with one attached hydrogen (secondary N) is 1. The lowest BCUT2D eigenvalue weighted by atomic mass is 10.1. The van der Waals surface area contributed by atoms with Crippen LogP contribution in [0.3, 0.4) is 0 Å². The summed E-state index contributed by atoms with van der Waals surface area (Å²) < 4.78 is 1.79. The van der Waals surface area contributed by atoms with Crippen molar-refractivity contribution >= 4 is 5.82 Å². The summed E-state index contributed by atoms with van der Waals surface area (Å²) in [5.41, 5.74) is 1.07. The number of rotatable bonds is 5. The van der Waals surface area contributed by atoms with Gasteiger partial charge in [-0.1, -0.05) is 20.8 Å². The number of anilines is 1. The molecule has 2 aromatic rings. The molecule has 0 amide bonds. The highest BCUT2D eigenvalue weighted by Crippen LogP contribution is 2.14. The van der Waals surface area contributed by atoms with Gasteiger partial charge in [0.2, 0.25) is 0 Å². The van der Waals surface area contributed by atoms with E-state index in [-0.39, 0.29) is 0 Å². The first kappa shape index (κ1) is 12.5. The molecule has 18 heavy (non-hydrogen) atoms. The molecule has 0 saturated carbocycles. The van der Waals surface area contributed by atoms with Gasteiger partial charge in [-0.25, -0.2) is 14.6 Å². The Kier molecular flexibility index (Phi) is 3.92. The topological polar surface area (TPSA) is 55.6 Å². The maximum atomic E-state index is 4.50. The molecular weight excluding hydrogens is 226 g/mol. The number of hydrogen-bond donors (Lipinski definition) is 1. The predicted molar refractivity (Wildman–Crippen MR) is 72.0 cm³/mol. The molecule has 0 saturated heterocycles. The van der Waals surface area contributed by atoms with Crippen molar-refractivity contribution in [2.75, 3.05) is 11.9 Å². The van der Waals surface area contributed by atoms with Crippen molar-refractivity contribution in [3.63, 3.8) is 0 Å². The molecule has 0 radical (unpaired) electrons. The molecule has 0 unspecified atom stereocenters. The third-order valence-electron chi connectivity index (χ3n) is 2.64. The molecule has 0 fully saturated rings. The Bertz CT molecular complexity index is 504. The third-order valence-corrected chi connectivity index (χ3v) is 2.64. The van der Waals surface area contributed by atoms with Gasteiger partial charge in [0.1, 0.15) is 12.1 Å². The summed E-state index contributed by atoms with van der Waals surface area (Å²) in [6.07, 6.45) is 4.56. The molecule has 5 heteroatoms. The zero-order valence-corrected chi connectivity index (χ0v) is 11.1. The van der Waals surface area contributed by atoms with E-state index in [0.717, 1.165) is 30.3 Å². The Morgan fingerprint density at radius 3 is 2.83 bits per heavy atom. The van der Waals surface area contributed by atoms with E-state index in [0.29, 0.717) is 5.92 Å². The standard InChI is InChI=1S/C13H19N5/c1-4-6-14-12-8-13(16-9-15-12)18-7-5-11(17-18)10(2)3/h5,7-10H,4,6H2,1-3H3,(H,14,15,16). The highest BCUT2D eigenvalue weighted by molar-refractivity contribution is 5.40. The number of aromatic nitrogens is 4. The molecule has 2 rings (SSSR count). The fraction of sp³-hybridized carbons (Fsp3) is 0.462. The Labute approximate surface area is 107 Å². The first-order valence-corrected chi connectivity index (χ1v) is 6.32. The molecule has 0 bridgehead atoms. The molecule has 0 aliphatic rings. The van der Waals surface area contributed by atoms with Gasteiger partial charge in [-0.3, -0.25) is 0 Å². The van der Waals surface area contributed by atoms with Crippen LogP contribution in [0.1, 0.15) is 38.8 Å². The van der Waals surface area contributed by atoms with E-state index in [1.54, 1.807) is 11.0 Å². The summed E-state index contributed by atoms with van der Waals surface area (Å²) in [5, 5.41) is 7.74. The lowest BCUT2D eigenvalue weighted by molar-refractivity contribution is 0.755. The second-order valence-corrected chi connectivity index (χ2v) is 4.53. The van der Waals surface area contributed by atoms with Crippen molar-refractivity contribution < 1.29 is 0 Å². The van der Waals surface area contributed by atoms with Gasteiger partial charge in [0, 0.05) is 18.8 Å². The van der Waals surface area contributed by atoms with E-state index in [1.165, 1.54) is 0 Å². The summed E-state index contributed by atoms with van der Waals surface area (Å²) in [7, 11) is 0. The van der Waals surface area contributed by atoms with Gasteiger partial charge < -0.3 is 5.32 Å². The van der Waals surface area contributed by atoms with Crippen LogP contribution in [0.2, 0.25) is 0 Å². The fourth-order valence-corrected chi connectivity index (χ4v) is 1.60. The van der Waals surface area contributed by atoms with Crippen molar-refractivity contribution in [2.24, 2.45) is 0 Å². The maximum Gasteiger partial charge on any atom is 0.158 e. The summed E-state index contributed by atoms with van der Waals surface area (Å²) >= 11 is 0. The van der Waals surface area contributed by atoms with Crippen LogP contribution in [-0.4, -0.2) is 26.3 Å². The summed E-state index contributed by atoms with van der Waals surface area (Å²) in [4.78, 5) is 8.42. The van der Waals surface area contributed by atoms with Crippen LogP contribution in [0.5, 0.6) is 0 Å². The first-order valence-electron chi connectivity index (χ1n) is 6.32. The van der Waals surface area contributed by atoms with Crippen molar-refractivity contribution in [2.45, 2.75) is 33.1 Å².